The Hall–Kier alpha value is -2.90. The average molecular weight is 428 g/mol. The number of aliphatic carboxylic acids is 1. The zero-order valence-electron chi connectivity index (χ0n) is 16.9. The summed E-state index contributed by atoms with van der Waals surface area (Å²) in [5.41, 5.74) is 2.39. The third kappa shape index (κ3) is 3.55. The number of hydrogen-bond donors (Lipinski definition) is 1. The Bertz CT molecular complexity index is 1100. The quantitative estimate of drug-likeness (QED) is 0.635. The van der Waals surface area contributed by atoms with Crippen molar-refractivity contribution in [1.82, 2.24) is 14.8 Å². The minimum Gasteiger partial charge on any atom is -0.496 e. The van der Waals surface area contributed by atoms with Crippen LogP contribution in [0.1, 0.15) is 61.2 Å². The van der Waals surface area contributed by atoms with E-state index in [-0.39, 0.29) is 12.3 Å². The molecule has 0 spiro atoms. The van der Waals surface area contributed by atoms with E-state index in [1.807, 2.05) is 54.8 Å². The van der Waals surface area contributed by atoms with Gasteiger partial charge in [0.25, 0.3) is 0 Å². The van der Waals surface area contributed by atoms with Crippen LogP contribution in [-0.4, -0.2) is 33.0 Å². The second-order valence-electron chi connectivity index (χ2n) is 7.45. The normalized spacial score (nSPS) is 17.9. The molecule has 2 atom stereocenters. The van der Waals surface area contributed by atoms with Crippen LogP contribution in [0.5, 0.6) is 5.75 Å². The molecule has 1 aromatic heterocycles. The SMILES string of the molecule is COc1ccccc1C1OC(CC(=O)O)c2nnc(C(C)C)n2-c2ccc(Cl)cc21. The number of rotatable bonds is 5. The first-order chi connectivity index (χ1) is 14.4. The molecule has 1 aliphatic rings. The van der Waals surface area contributed by atoms with Crippen LogP contribution in [0.4, 0.5) is 0 Å². The van der Waals surface area contributed by atoms with E-state index in [9.17, 15) is 9.90 Å². The number of aromatic nitrogens is 3. The highest BCUT2D eigenvalue weighted by Crippen LogP contribution is 2.44. The third-order valence-corrected chi connectivity index (χ3v) is 5.35. The van der Waals surface area contributed by atoms with E-state index in [2.05, 4.69) is 10.2 Å². The molecule has 2 heterocycles. The van der Waals surface area contributed by atoms with Gasteiger partial charge in [0.15, 0.2) is 5.82 Å². The van der Waals surface area contributed by atoms with Gasteiger partial charge >= 0.3 is 5.97 Å². The summed E-state index contributed by atoms with van der Waals surface area (Å²) in [6.07, 6.45) is -1.65. The van der Waals surface area contributed by atoms with E-state index in [0.717, 1.165) is 22.6 Å². The molecule has 3 aromatic rings. The van der Waals surface area contributed by atoms with Gasteiger partial charge < -0.3 is 14.6 Å². The Morgan fingerprint density at radius 1 is 1.23 bits per heavy atom. The minimum absolute atomic E-state index is 0.0723. The number of carbonyl (C=O) groups is 1. The summed E-state index contributed by atoms with van der Waals surface area (Å²) >= 11 is 6.36. The molecule has 156 valence electrons. The zero-order valence-corrected chi connectivity index (χ0v) is 17.6. The first kappa shape index (κ1) is 20.4. The van der Waals surface area contributed by atoms with Crippen LogP contribution in [0, 0.1) is 0 Å². The van der Waals surface area contributed by atoms with Crippen LogP contribution < -0.4 is 4.74 Å². The topological polar surface area (TPSA) is 86.5 Å². The lowest BCUT2D eigenvalue weighted by atomic mass is 9.98. The van der Waals surface area contributed by atoms with Gasteiger partial charge in [-0.05, 0) is 24.3 Å². The number of ether oxygens (including phenoxy) is 2. The van der Waals surface area contributed by atoms with Crippen molar-refractivity contribution in [1.29, 1.82) is 0 Å². The number of benzene rings is 2. The summed E-state index contributed by atoms with van der Waals surface area (Å²) in [5, 5.41) is 18.7. The lowest BCUT2D eigenvalue weighted by Crippen LogP contribution is -2.15. The monoisotopic (exact) mass is 427 g/mol. The fraction of sp³-hybridized carbons (Fsp3) is 0.318. The Kier molecular flexibility index (Phi) is 5.49. The molecular formula is C22H22ClN3O4. The summed E-state index contributed by atoms with van der Waals surface area (Å²) in [6.45, 7) is 4.03. The molecule has 2 aromatic carbocycles. The number of hydrogen-bond acceptors (Lipinski definition) is 5. The molecule has 0 saturated heterocycles. The van der Waals surface area contributed by atoms with E-state index in [4.69, 9.17) is 21.1 Å². The van der Waals surface area contributed by atoms with Crippen molar-refractivity contribution in [3.8, 4) is 11.4 Å². The molecule has 1 aliphatic heterocycles. The van der Waals surface area contributed by atoms with E-state index >= 15 is 0 Å². The van der Waals surface area contributed by atoms with Crippen LogP contribution in [0.25, 0.3) is 5.69 Å². The van der Waals surface area contributed by atoms with E-state index in [1.54, 1.807) is 13.2 Å². The number of halogens is 1. The van der Waals surface area contributed by atoms with Gasteiger partial charge in [-0.25, -0.2) is 0 Å². The summed E-state index contributed by atoms with van der Waals surface area (Å²) in [4.78, 5) is 11.6. The maximum atomic E-state index is 11.6. The second-order valence-corrected chi connectivity index (χ2v) is 7.89. The number of para-hydroxylation sites is 1. The van der Waals surface area contributed by atoms with Crippen molar-refractivity contribution < 1.29 is 19.4 Å². The van der Waals surface area contributed by atoms with Crippen molar-refractivity contribution in [2.24, 2.45) is 0 Å². The smallest absolute Gasteiger partial charge is 0.306 e. The van der Waals surface area contributed by atoms with Crippen molar-refractivity contribution in [2.75, 3.05) is 7.11 Å². The molecule has 0 radical (unpaired) electrons. The number of carboxylic acid groups (broad SMARTS) is 1. The third-order valence-electron chi connectivity index (χ3n) is 5.11. The van der Waals surface area contributed by atoms with Crippen molar-refractivity contribution >= 4 is 17.6 Å². The van der Waals surface area contributed by atoms with Gasteiger partial charge in [0.1, 0.15) is 23.8 Å². The lowest BCUT2D eigenvalue weighted by Gasteiger charge is -2.23. The fourth-order valence-electron chi connectivity index (χ4n) is 3.80. The molecule has 0 bridgehead atoms. The van der Waals surface area contributed by atoms with Gasteiger partial charge in [-0.1, -0.05) is 43.6 Å². The predicted molar refractivity (Wildman–Crippen MR) is 111 cm³/mol. The first-order valence-electron chi connectivity index (χ1n) is 9.66. The van der Waals surface area contributed by atoms with Crippen LogP contribution in [-0.2, 0) is 9.53 Å². The molecular weight excluding hydrogens is 406 g/mol. The summed E-state index contributed by atoms with van der Waals surface area (Å²) in [5.74, 6) is 0.922. The molecule has 1 N–H and O–H groups in total. The van der Waals surface area contributed by atoms with Crippen LogP contribution in [0.15, 0.2) is 42.5 Å². The number of nitrogens with zero attached hydrogens (tertiary/aromatic N) is 3. The zero-order chi connectivity index (χ0) is 21.4. The maximum Gasteiger partial charge on any atom is 0.306 e. The van der Waals surface area contributed by atoms with E-state index in [1.165, 1.54) is 0 Å². The summed E-state index contributed by atoms with van der Waals surface area (Å²) in [6, 6.07) is 13.0. The highest BCUT2D eigenvalue weighted by molar-refractivity contribution is 6.30. The van der Waals surface area contributed by atoms with E-state index < -0.39 is 18.2 Å². The standard InChI is InChI=1S/C22H22ClN3O4/c1-12(2)21-24-25-22-18(11-19(27)28)30-20(14-6-4-5-7-17(14)29-3)15-10-13(23)8-9-16(15)26(21)22/h4-10,12,18,20H,11H2,1-3H3,(H,27,28). The minimum atomic E-state index is -0.983. The predicted octanol–water partition coefficient (Wildman–Crippen LogP) is 4.69. The Morgan fingerprint density at radius 3 is 2.70 bits per heavy atom. The molecule has 4 rings (SSSR count). The Balaban J connectivity index is 2.00. The van der Waals surface area contributed by atoms with Crippen molar-refractivity contribution in [3.63, 3.8) is 0 Å². The van der Waals surface area contributed by atoms with Crippen LogP contribution in [0.2, 0.25) is 5.02 Å². The molecule has 0 fully saturated rings. The molecule has 2 unspecified atom stereocenters. The Morgan fingerprint density at radius 2 is 2.00 bits per heavy atom. The van der Waals surface area contributed by atoms with Crippen LogP contribution >= 0.6 is 11.6 Å². The van der Waals surface area contributed by atoms with Crippen LogP contribution in [0.3, 0.4) is 0 Å². The molecule has 0 amide bonds. The largest absolute Gasteiger partial charge is 0.496 e. The highest BCUT2D eigenvalue weighted by Gasteiger charge is 2.36. The average Bonchev–Trinajstić information content (AvgIpc) is 3.11. The van der Waals surface area contributed by atoms with Crippen molar-refractivity contribution in [3.05, 3.63) is 70.3 Å². The van der Waals surface area contributed by atoms with Gasteiger partial charge in [-0.15, -0.1) is 10.2 Å². The van der Waals surface area contributed by atoms with Crippen molar-refractivity contribution in [2.45, 2.75) is 38.4 Å². The summed E-state index contributed by atoms with van der Waals surface area (Å²) < 4.78 is 13.9. The second kappa shape index (κ2) is 8.08. The van der Waals surface area contributed by atoms with Gasteiger partial charge in [0.05, 0.1) is 19.2 Å². The van der Waals surface area contributed by atoms with Gasteiger partial charge in [-0.2, -0.15) is 0 Å². The molecule has 8 heteroatoms. The molecule has 7 nitrogen and oxygen atoms in total. The first-order valence-corrected chi connectivity index (χ1v) is 10.0. The summed E-state index contributed by atoms with van der Waals surface area (Å²) in [7, 11) is 1.59. The molecule has 0 aliphatic carbocycles. The van der Waals surface area contributed by atoms with E-state index in [0.29, 0.717) is 16.6 Å². The van der Waals surface area contributed by atoms with Gasteiger partial charge in [0.2, 0.25) is 0 Å². The lowest BCUT2D eigenvalue weighted by molar-refractivity contribution is -0.141. The number of fused-ring (bicyclic) bond motifs is 3. The maximum absolute atomic E-state index is 11.6. The molecule has 0 saturated carbocycles. The highest BCUT2D eigenvalue weighted by atomic mass is 35.5. The van der Waals surface area contributed by atoms with Gasteiger partial charge in [-0.3, -0.25) is 9.36 Å². The Labute approximate surface area is 179 Å². The number of carboxylic acids is 1. The van der Waals surface area contributed by atoms with Gasteiger partial charge in [0, 0.05) is 22.1 Å². The fourth-order valence-corrected chi connectivity index (χ4v) is 3.98. The number of methoxy groups -OCH3 is 1. The molecule has 30 heavy (non-hydrogen) atoms.